The Labute approximate surface area is 107 Å². The van der Waals surface area contributed by atoms with E-state index < -0.39 is 0 Å². The van der Waals surface area contributed by atoms with E-state index in [4.69, 9.17) is 0 Å². The number of aromatic amines is 1. The van der Waals surface area contributed by atoms with E-state index in [-0.39, 0.29) is 17.3 Å². The van der Waals surface area contributed by atoms with Gasteiger partial charge in [-0.15, -0.1) is 11.3 Å². The second kappa shape index (κ2) is 3.91. The van der Waals surface area contributed by atoms with E-state index in [0.717, 1.165) is 24.8 Å². The van der Waals surface area contributed by atoms with Crippen molar-refractivity contribution in [3.05, 3.63) is 26.6 Å². The van der Waals surface area contributed by atoms with Crippen molar-refractivity contribution in [3.8, 4) is 0 Å². The summed E-state index contributed by atoms with van der Waals surface area (Å²) in [4.78, 5) is 34.1. The molecule has 0 unspecified atom stereocenters. The van der Waals surface area contributed by atoms with E-state index in [2.05, 4.69) is 9.97 Å². The first-order valence-corrected chi connectivity index (χ1v) is 6.66. The molecule has 6 heteroatoms. The predicted octanol–water partition coefficient (Wildman–Crippen LogP) is 1.18. The van der Waals surface area contributed by atoms with E-state index in [9.17, 15) is 9.59 Å². The Morgan fingerprint density at radius 2 is 2.17 bits per heavy atom. The van der Waals surface area contributed by atoms with Crippen molar-refractivity contribution in [2.45, 2.75) is 19.3 Å². The van der Waals surface area contributed by atoms with Crippen molar-refractivity contribution in [2.24, 2.45) is 0 Å². The summed E-state index contributed by atoms with van der Waals surface area (Å²) in [5, 5.41) is 0.683. The van der Waals surface area contributed by atoms with Crippen LogP contribution in [0.15, 0.2) is 4.79 Å². The smallest absolute Gasteiger partial charge is 0.289 e. The molecule has 0 bridgehead atoms. The summed E-state index contributed by atoms with van der Waals surface area (Å²) in [5.74, 6) is -0.153. The summed E-state index contributed by atoms with van der Waals surface area (Å²) < 4.78 is 0. The first-order chi connectivity index (χ1) is 8.58. The maximum Gasteiger partial charge on any atom is 0.289 e. The van der Waals surface area contributed by atoms with Gasteiger partial charge in [-0.05, 0) is 24.8 Å². The fourth-order valence-corrected chi connectivity index (χ4v) is 3.58. The number of aromatic nitrogens is 2. The standard InChI is InChI=1S/C12H13N3O2S/c1-15(2)12(17)9-13-10(16)8-6-4-3-5-7(6)18-11(8)14-9/h3-5H2,1-2H3,(H,13,14,16). The normalized spacial score (nSPS) is 13.9. The second-order valence-corrected chi connectivity index (χ2v) is 5.74. The molecule has 0 saturated carbocycles. The fraction of sp³-hybridized carbons (Fsp3) is 0.417. The maximum atomic E-state index is 12.1. The Morgan fingerprint density at radius 1 is 1.39 bits per heavy atom. The van der Waals surface area contributed by atoms with Gasteiger partial charge >= 0.3 is 0 Å². The van der Waals surface area contributed by atoms with Crippen LogP contribution in [0.1, 0.15) is 27.5 Å². The Morgan fingerprint density at radius 3 is 2.89 bits per heavy atom. The first-order valence-electron chi connectivity index (χ1n) is 5.84. The van der Waals surface area contributed by atoms with Crippen LogP contribution in [-0.2, 0) is 12.8 Å². The molecule has 3 rings (SSSR count). The van der Waals surface area contributed by atoms with E-state index in [1.807, 2.05) is 0 Å². The number of amides is 1. The first kappa shape index (κ1) is 11.4. The molecular weight excluding hydrogens is 250 g/mol. The number of hydrogen-bond acceptors (Lipinski definition) is 4. The van der Waals surface area contributed by atoms with Crippen molar-refractivity contribution < 1.29 is 4.79 Å². The molecule has 1 aliphatic rings. The molecule has 0 spiro atoms. The van der Waals surface area contributed by atoms with E-state index in [1.165, 1.54) is 9.78 Å². The summed E-state index contributed by atoms with van der Waals surface area (Å²) in [7, 11) is 3.28. The SMILES string of the molecule is CN(C)C(=O)c1nc2sc3c(c2c(=O)[nH]1)CCC3. The maximum absolute atomic E-state index is 12.1. The van der Waals surface area contributed by atoms with Gasteiger partial charge in [-0.25, -0.2) is 4.98 Å². The largest absolute Gasteiger partial charge is 0.342 e. The number of carbonyl (C=O) groups is 1. The van der Waals surface area contributed by atoms with Crippen molar-refractivity contribution >= 4 is 27.5 Å². The number of rotatable bonds is 1. The molecule has 0 fully saturated rings. The molecule has 0 aromatic carbocycles. The van der Waals surface area contributed by atoms with E-state index in [1.54, 1.807) is 25.4 Å². The highest BCUT2D eigenvalue weighted by molar-refractivity contribution is 7.18. The zero-order valence-electron chi connectivity index (χ0n) is 10.2. The molecule has 1 amide bonds. The molecule has 1 N–H and O–H groups in total. The molecule has 1 aliphatic carbocycles. The molecule has 0 atom stereocenters. The average Bonchev–Trinajstić information content (AvgIpc) is 2.86. The van der Waals surface area contributed by atoms with Crippen molar-refractivity contribution in [1.29, 1.82) is 0 Å². The van der Waals surface area contributed by atoms with Crippen molar-refractivity contribution in [2.75, 3.05) is 14.1 Å². The van der Waals surface area contributed by atoms with Crippen LogP contribution in [-0.4, -0.2) is 34.9 Å². The van der Waals surface area contributed by atoms with Gasteiger partial charge in [0, 0.05) is 19.0 Å². The molecular formula is C12H13N3O2S. The Hall–Kier alpha value is -1.69. The van der Waals surface area contributed by atoms with E-state index in [0.29, 0.717) is 10.2 Å². The van der Waals surface area contributed by atoms with Crippen LogP contribution in [0.5, 0.6) is 0 Å². The summed E-state index contributed by atoms with van der Waals surface area (Å²) in [6.45, 7) is 0. The lowest BCUT2D eigenvalue weighted by Crippen LogP contribution is -2.26. The molecule has 2 aromatic rings. The van der Waals surface area contributed by atoms with Crippen LogP contribution in [0.4, 0.5) is 0 Å². The van der Waals surface area contributed by atoms with Gasteiger partial charge in [-0.2, -0.15) is 0 Å². The molecule has 2 aromatic heterocycles. The average molecular weight is 263 g/mol. The van der Waals surface area contributed by atoms with Crippen molar-refractivity contribution in [1.82, 2.24) is 14.9 Å². The minimum Gasteiger partial charge on any atom is -0.342 e. The van der Waals surface area contributed by atoms with Gasteiger partial charge in [0.2, 0.25) is 5.82 Å². The third-order valence-electron chi connectivity index (χ3n) is 3.18. The van der Waals surface area contributed by atoms with Gasteiger partial charge in [-0.3, -0.25) is 9.59 Å². The van der Waals surface area contributed by atoms with Gasteiger partial charge < -0.3 is 9.88 Å². The summed E-state index contributed by atoms with van der Waals surface area (Å²) in [5.41, 5.74) is 0.942. The number of aryl methyl sites for hydroxylation is 2. The van der Waals surface area contributed by atoms with Crippen LogP contribution in [0.3, 0.4) is 0 Å². The second-order valence-electron chi connectivity index (χ2n) is 4.65. The highest BCUT2D eigenvalue weighted by Gasteiger charge is 2.22. The topological polar surface area (TPSA) is 66.1 Å². The predicted molar refractivity (Wildman–Crippen MR) is 70.3 cm³/mol. The van der Waals surface area contributed by atoms with Gasteiger partial charge in [0.15, 0.2) is 0 Å². The van der Waals surface area contributed by atoms with Crippen molar-refractivity contribution in [3.63, 3.8) is 0 Å². The quantitative estimate of drug-likeness (QED) is 0.840. The Bertz CT molecular complexity index is 699. The monoisotopic (exact) mass is 263 g/mol. The zero-order valence-corrected chi connectivity index (χ0v) is 11.1. The van der Waals surface area contributed by atoms with Crippen LogP contribution in [0.2, 0.25) is 0 Å². The lowest BCUT2D eigenvalue weighted by molar-refractivity contribution is 0.0816. The van der Waals surface area contributed by atoms with Gasteiger partial charge in [-0.1, -0.05) is 0 Å². The number of thiophene rings is 1. The summed E-state index contributed by atoms with van der Waals surface area (Å²) in [6.07, 6.45) is 3.07. The highest BCUT2D eigenvalue weighted by atomic mass is 32.1. The minimum absolute atomic E-state index is 0.123. The molecule has 5 nitrogen and oxygen atoms in total. The molecule has 0 radical (unpaired) electrons. The molecule has 0 aliphatic heterocycles. The fourth-order valence-electron chi connectivity index (χ4n) is 2.32. The van der Waals surface area contributed by atoms with E-state index >= 15 is 0 Å². The lowest BCUT2D eigenvalue weighted by Gasteiger charge is -2.08. The van der Waals surface area contributed by atoms with Crippen LogP contribution < -0.4 is 5.56 Å². The number of nitrogens with one attached hydrogen (secondary N) is 1. The zero-order chi connectivity index (χ0) is 12.9. The van der Waals surface area contributed by atoms with Gasteiger partial charge in [0.05, 0.1) is 5.39 Å². The number of H-pyrrole nitrogens is 1. The highest BCUT2D eigenvalue weighted by Crippen LogP contribution is 2.34. The van der Waals surface area contributed by atoms with Crippen LogP contribution in [0.25, 0.3) is 10.2 Å². The third-order valence-corrected chi connectivity index (χ3v) is 4.37. The van der Waals surface area contributed by atoms with Crippen LogP contribution in [0, 0.1) is 0 Å². The lowest BCUT2D eigenvalue weighted by atomic mass is 10.2. The molecule has 0 saturated heterocycles. The van der Waals surface area contributed by atoms with Gasteiger partial charge in [0.1, 0.15) is 4.83 Å². The number of carbonyl (C=O) groups excluding carboxylic acids is 1. The summed E-state index contributed by atoms with van der Waals surface area (Å²) in [6, 6.07) is 0. The molecule has 94 valence electrons. The molecule has 2 heterocycles. The number of nitrogens with zero attached hydrogens (tertiary/aromatic N) is 2. The number of fused-ring (bicyclic) bond motifs is 3. The van der Waals surface area contributed by atoms with Crippen LogP contribution >= 0.6 is 11.3 Å². The Balaban J connectivity index is 2.24. The van der Waals surface area contributed by atoms with Gasteiger partial charge in [0.25, 0.3) is 11.5 Å². The third kappa shape index (κ3) is 1.56. The number of hydrogen-bond donors (Lipinski definition) is 1. The molecule has 18 heavy (non-hydrogen) atoms. The Kier molecular flexibility index (Phi) is 2.48. The summed E-state index contributed by atoms with van der Waals surface area (Å²) >= 11 is 1.54. The minimum atomic E-state index is -0.275.